The normalized spacial score (nSPS) is 11.0. The summed E-state index contributed by atoms with van der Waals surface area (Å²) in [5.74, 6) is 1.23. The van der Waals surface area contributed by atoms with E-state index in [4.69, 9.17) is 5.73 Å². The standard InChI is InChI=1S/C13H13N5/c1-8-7-18(17-12(8)14)13-9(2)15-10-5-3-4-6-11(10)16-13/h3-7H,1-2H3,(H2,14,17). The highest BCUT2D eigenvalue weighted by molar-refractivity contribution is 5.75. The van der Waals surface area contributed by atoms with Gasteiger partial charge >= 0.3 is 0 Å². The summed E-state index contributed by atoms with van der Waals surface area (Å²) in [7, 11) is 0. The quantitative estimate of drug-likeness (QED) is 0.705. The number of aryl methyl sites for hydroxylation is 2. The summed E-state index contributed by atoms with van der Waals surface area (Å²) in [5, 5.41) is 4.24. The van der Waals surface area contributed by atoms with E-state index in [2.05, 4.69) is 15.1 Å². The van der Waals surface area contributed by atoms with Crippen molar-refractivity contribution in [3.05, 3.63) is 41.7 Å². The number of nitrogens with zero attached hydrogens (tertiary/aromatic N) is 4. The van der Waals surface area contributed by atoms with Crippen molar-refractivity contribution in [3.63, 3.8) is 0 Å². The predicted octanol–water partition coefficient (Wildman–Crippen LogP) is 2.01. The minimum Gasteiger partial charge on any atom is -0.382 e. The first-order valence-corrected chi connectivity index (χ1v) is 5.70. The van der Waals surface area contributed by atoms with Gasteiger partial charge in [-0.1, -0.05) is 12.1 Å². The molecule has 0 unspecified atom stereocenters. The topological polar surface area (TPSA) is 69.6 Å². The Kier molecular flexibility index (Phi) is 2.26. The molecule has 18 heavy (non-hydrogen) atoms. The molecule has 0 amide bonds. The van der Waals surface area contributed by atoms with Crippen LogP contribution >= 0.6 is 0 Å². The minimum absolute atomic E-state index is 0.518. The van der Waals surface area contributed by atoms with Crippen molar-refractivity contribution in [2.45, 2.75) is 13.8 Å². The lowest BCUT2D eigenvalue weighted by atomic mass is 10.3. The van der Waals surface area contributed by atoms with Crippen molar-refractivity contribution in [3.8, 4) is 5.82 Å². The number of nitrogens with two attached hydrogens (primary N) is 1. The van der Waals surface area contributed by atoms with Crippen molar-refractivity contribution >= 4 is 16.9 Å². The van der Waals surface area contributed by atoms with Gasteiger partial charge in [-0.15, -0.1) is 5.10 Å². The van der Waals surface area contributed by atoms with Crippen LogP contribution in [0.15, 0.2) is 30.5 Å². The fraction of sp³-hybridized carbons (Fsp3) is 0.154. The third-order valence-electron chi connectivity index (χ3n) is 2.87. The Balaban J connectivity index is 2.25. The maximum absolute atomic E-state index is 5.76. The molecule has 5 nitrogen and oxygen atoms in total. The second-order valence-corrected chi connectivity index (χ2v) is 4.26. The van der Waals surface area contributed by atoms with Gasteiger partial charge in [0, 0.05) is 11.8 Å². The zero-order chi connectivity index (χ0) is 12.7. The van der Waals surface area contributed by atoms with Gasteiger partial charge in [0.2, 0.25) is 0 Å². The van der Waals surface area contributed by atoms with Gasteiger partial charge in [0.25, 0.3) is 0 Å². The number of hydrogen-bond donors (Lipinski definition) is 1. The summed E-state index contributed by atoms with van der Waals surface area (Å²) >= 11 is 0. The van der Waals surface area contributed by atoms with E-state index in [1.807, 2.05) is 44.3 Å². The molecule has 0 saturated heterocycles. The Morgan fingerprint density at radius 1 is 1.06 bits per heavy atom. The fourth-order valence-corrected chi connectivity index (χ4v) is 1.88. The van der Waals surface area contributed by atoms with Gasteiger partial charge < -0.3 is 5.73 Å². The number of para-hydroxylation sites is 2. The largest absolute Gasteiger partial charge is 0.382 e. The first kappa shape index (κ1) is 10.7. The van der Waals surface area contributed by atoms with Gasteiger partial charge in [-0.25, -0.2) is 14.6 Å². The van der Waals surface area contributed by atoms with E-state index in [-0.39, 0.29) is 0 Å². The highest BCUT2D eigenvalue weighted by Gasteiger charge is 2.09. The Hall–Kier alpha value is -2.43. The number of aromatic nitrogens is 4. The van der Waals surface area contributed by atoms with E-state index in [0.29, 0.717) is 11.6 Å². The van der Waals surface area contributed by atoms with Gasteiger partial charge in [-0.05, 0) is 26.0 Å². The molecule has 90 valence electrons. The van der Waals surface area contributed by atoms with Crippen molar-refractivity contribution in [2.75, 3.05) is 5.73 Å². The van der Waals surface area contributed by atoms with Crippen molar-refractivity contribution in [1.82, 2.24) is 19.7 Å². The summed E-state index contributed by atoms with van der Waals surface area (Å²) in [6, 6.07) is 7.78. The van der Waals surface area contributed by atoms with Gasteiger partial charge in [-0.2, -0.15) is 0 Å². The van der Waals surface area contributed by atoms with E-state index < -0.39 is 0 Å². The van der Waals surface area contributed by atoms with Crippen molar-refractivity contribution in [1.29, 1.82) is 0 Å². The number of fused-ring (bicyclic) bond motifs is 1. The van der Waals surface area contributed by atoms with E-state index in [0.717, 1.165) is 22.3 Å². The Morgan fingerprint density at radius 2 is 1.72 bits per heavy atom. The Morgan fingerprint density at radius 3 is 2.33 bits per heavy atom. The predicted molar refractivity (Wildman–Crippen MR) is 70.5 cm³/mol. The number of nitrogen functional groups attached to an aromatic ring is 1. The average Bonchev–Trinajstić information content (AvgIpc) is 2.68. The van der Waals surface area contributed by atoms with E-state index in [9.17, 15) is 0 Å². The van der Waals surface area contributed by atoms with Crippen LogP contribution < -0.4 is 5.73 Å². The number of anilines is 1. The molecule has 3 aromatic rings. The van der Waals surface area contributed by atoms with Crippen LogP contribution in [0.25, 0.3) is 16.9 Å². The molecule has 0 bridgehead atoms. The molecule has 0 fully saturated rings. The molecule has 2 aromatic heterocycles. The zero-order valence-electron chi connectivity index (χ0n) is 10.3. The fourth-order valence-electron chi connectivity index (χ4n) is 1.88. The number of benzene rings is 1. The summed E-state index contributed by atoms with van der Waals surface area (Å²) in [5.41, 5.74) is 9.26. The minimum atomic E-state index is 0.518. The molecular formula is C13H13N5. The molecule has 2 heterocycles. The molecule has 0 atom stereocenters. The maximum atomic E-state index is 5.76. The molecule has 2 N–H and O–H groups in total. The van der Waals surface area contributed by atoms with Crippen LogP contribution in [-0.2, 0) is 0 Å². The van der Waals surface area contributed by atoms with Crippen LogP contribution in [0.1, 0.15) is 11.3 Å². The van der Waals surface area contributed by atoms with Crippen LogP contribution in [0.5, 0.6) is 0 Å². The third-order valence-corrected chi connectivity index (χ3v) is 2.87. The monoisotopic (exact) mass is 239 g/mol. The zero-order valence-corrected chi connectivity index (χ0v) is 10.3. The van der Waals surface area contributed by atoms with Crippen LogP contribution in [0, 0.1) is 13.8 Å². The second kappa shape index (κ2) is 3.80. The molecule has 1 aromatic carbocycles. The lowest BCUT2D eigenvalue weighted by Crippen LogP contribution is -2.04. The Bertz CT molecular complexity index is 710. The highest BCUT2D eigenvalue weighted by Crippen LogP contribution is 2.17. The van der Waals surface area contributed by atoms with E-state index in [1.54, 1.807) is 4.68 Å². The summed E-state index contributed by atoms with van der Waals surface area (Å²) in [4.78, 5) is 9.11. The molecule has 3 rings (SSSR count). The maximum Gasteiger partial charge on any atom is 0.175 e. The molecule has 0 radical (unpaired) electrons. The number of rotatable bonds is 1. The summed E-state index contributed by atoms with van der Waals surface area (Å²) < 4.78 is 1.68. The summed E-state index contributed by atoms with van der Waals surface area (Å²) in [6.45, 7) is 3.84. The van der Waals surface area contributed by atoms with Gasteiger partial charge in [-0.3, -0.25) is 0 Å². The summed E-state index contributed by atoms with van der Waals surface area (Å²) in [6.07, 6.45) is 1.86. The van der Waals surface area contributed by atoms with E-state index in [1.165, 1.54) is 0 Å². The van der Waals surface area contributed by atoms with Gasteiger partial charge in [0.05, 0.1) is 16.7 Å². The molecule has 0 aliphatic heterocycles. The molecule has 0 aliphatic rings. The number of hydrogen-bond acceptors (Lipinski definition) is 4. The van der Waals surface area contributed by atoms with Crippen LogP contribution in [0.4, 0.5) is 5.82 Å². The van der Waals surface area contributed by atoms with Gasteiger partial charge in [0.15, 0.2) is 5.82 Å². The average molecular weight is 239 g/mol. The Labute approximate surface area is 104 Å². The van der Waals surface area contributed by atoms with Gasteiger partial charge in [0.1, 0.15) is 5.82 Å². The van der Waals surface area contributed by atoms with Crippen LogP contribution in [-0.4, -0.2) is 19.7 Å². The van der Waals surface area contributed by atoms with E-state index >= 15 is 0 Å². The van der Waals surface area contributed by atoms with Crippen LogP contribution in [0.3, 0.4) is 0 Å². The van der Waals surface area contributed by atoms with Crippen molar-refractivity contribution < 1.29 is 0 Å². The van der Waals surface area contributed by atoms with Crippen LogP contribution in [0.2, 0.25) is 0 Å². The first-order chi connectivity index (χ1) is 8.65. The molecule has 0 aliphatic carbocycles. The molecule has 0 spiro atoms. The molecule has 0 saturated carbocycles. The first-order valence-electron chi connectivity index (χ1n) is 5.70. The second-order valence-electron chi connectivity index (χ2n) is 4.26. The van der Waals surface area contributed by atoms with Crippen molar-refractivity contribution in [2.24, 2.45) is 0 Å². The smallest absolute Gasteiger partial charge is 0.175 e. The lowest BCUT2D eigenvalue weighted by Gasteiger charge is -2.05. The molecular weight excluding hydrogens is 226 g/mol. The molecule has 5 heteroatoms. The SMILES string of the molecule is Cc1cn(-c2nc3ccccc3nc2C)nc1N. The highest BCUT2D eigenvalue weighted by atomic mass is 15.3. The third kappa shape index (κ3) is 1.60. The lowest BCUT2D eigenvalue weighted by molar-refractivity contribution is 0.837.